The molecule has 2 atom stereocenters. The molecule has 4 nitrogen and oxygen atoms in total. The van der Waals surface area contributed by atoms with Crippen LogP contribution in [0.25, 0.3) is 0 Å². The summed E-state index contributed by atoms with van der Waals surface area (Å²) in [6.07, 6.45) is 1.31. The van der Waals surface area contributed by atoms with Crippen LogP contribution < -0.4 is 5.32 Å². The largest absolute Gasteiger partial charge is 0.352 e. The normalized spacial score (nSPS) is 18.1. The number of nitrogens with zero attached hydrogens (tertiary/aromatic N) is 1. The molecule has 1 saturated heterocycles. The zero-order valence-electron chi connectivity index (χ0n) is 18.4. The molecule has 0 saturated carbocycles. The molecule has 1 aliphatic heterocycles. The zero-order chi connectivity index (χ0) is 23.4. The fourth-order valence-electron chi connectivity index (χ4n) is 4.36. The van der Waals surface area contributed by atoms with Crippen molar-refractivity contribution in [2.75, 3.05) is 6.54 Å². The smallest absolute Gasteiger partial charge is 0.254 e. The third-order valence-electron chi connectivity index (χ3n) is 6.14. The number of likely N-dealkylation sites (tertiary alicyclic amines) is 1. The molecule has 170 valence electrons. The van der Waals surface area contributed by atoms with Gasteiger partial charge in [0.15, 0.2) is 0 Å². The van der Waals surface area contributed by atoms with Crippen molar-refractivity contribution in [3.05, 3.63) is 106 Å². The Hall–Kier alpha value is -3.18. The van der Waals surface area contributed by atoms with Gasteiger partial charge in [-0.2, -0.15) is 0 Å². The molecule has 3 aromatic rings. The van der Waals surface area contributed by atoms with E-state index in [1.807, 2.05) is 25.1 Å². The fourth-order valence-corrected chi connectivity index (χ4v) is 4.49. The first-order chi connectivity index (χ1) is 15.9. The number of halogens is 2. The second-order valence-corrected chi connectivity index (χ2v) is 8.91. The minimum absolute atomic E-state index is 0.119. The van der Waals surface area contributed by atoms with E-state index in [-0.39, 0.29) is 36.1 Å². The van der Waals surface area contributed by atoms with Crippen LogP contribution in [0.3, 0.4) is 0 Å². The van der Waals surface area contributed by atoms with Crippen molar-refractivity contribution in [1.82, 2.24) is 10.2 Å². The number of amides is 2. The van der Waals surface area contributed by atoms with E-state index in [2.05, 4.69) is 11.4 Å². The van der Waals surface area contributed by atoms with Crippen LogP contribution in [0.5, 0.6) is 0 Å². The first-order valence-corrected chi connectivity index (χ1v) is 11.4. The minimum Gasteiger partial charge on any atom is -0.352 e. The van der Waals surface area contributed by atoms with Gasteiger partial charge in [0.2, 0.25) is 5.91 Å². The number of hydrogen-bond acceptors (Lipinski definition) is 2. The first kappa shape index (κ1) is 23.0. The molecular weight excluding hydrogens is 439 g/mol. The van der Waals surface area contributed by atoms with Crippen molar-refractivity contribution in [1.29, 1.82) is 0 Å². The number of benzene rings is 3. The highest BCUT2D eigenvalue weighted by atomic mass is 35.5. The Labute approximate surface area is 198 Å². The standard InChI is InChI=1S/C27H26ClFN2O2/c1-18-5-4-7-20(15-18)25-14-11-22(26(32)30-16-21-6-2-3-8-24(21)29)17-31(25)27(33)19-9-12-23(28)13-10-19/h2-10,12-13,15,22,25H,11,14,16-17H2,1H3,(H,30,32)/t22-,25-/m0/s1. The number of carbonyl (C=O) groups excluding carboxylic acids is 2. The predicted molar refractivity (Wildman–Crippen MR) is 127 cm³/mol. The van der Waals surface area contributed by atoms with E-state index < -0.39 is 0 Å². The summed E-state index contributed by atoms with van der Waals surface area (Å²) in [6.45, 7) is 2.44. The number of rotatable bonds is 5. The minimum atomic E-state index is -0.367. The summed E-state index contributed by atoms with van der Waals surface area (Å²) in [5.74, 6) is -1.02. The summed E-state index contributed by atoms with van der Waals surface area (Å²) >= 11 is 6.00. The Balaban J connectivity index is 1.54. The molecule has 0 unspecified atom stereocenters. The van der Waals surface area contributed by atoms with Crippen LogP contribution in [0.1, 0.15) is 45.9 Å². The number of hydrogen-bond donors (Lipinski definition) is 1. The van der Waals surface area contributed by atoms with Gasteiger partial charge in [-0.25, -0.2) is 4.39 Å². The first-order valence-electron chi connectivity index (χ1n) is 11.1. The van der Waals surface area contributed by atoms with Crippen LogP contribution in [0.4, 0.5) is 4.39 Å². The third kappa shape index (κ3) is 5.42. The Morgan fingerprint density at radius 2 is 1.79 bits per heavy atom. The molecule has 0 spiro atoms. The highest BCUT2D eigenvalue weighted by Crippen LogP contribution is 2.35. The van der Waals surface area contributed by atoms with Gasteiger partial charge < -0.3 is 10.2 Å². The van der Waals surface area contributed by atoms with E-state index in [1.54, 1.807) is 47.4 Å². The molecule has 1 aliphatic rings. The van der Waals surface area contributed by atoms with Crippen LogP contribution in [-0.2, 0) is 11.3 Å². The maximum Gasteiger partial charge on any atom is 0.254 e. The summed E-state index contributed by atoms with van der Waals surface area (Å²) in [6, 6.07) is 21.2. The van der Waals surface area contributed by atoms with E-state index in [0.29, 0.717) is 35.5 Å². The molecule has 0 aromatic heterocycles. The number of aryl methyl sites for hydroxylation is 1. The summed E-state index contributed by atoms with van der Waals surface area (Å²) < 4.78 is 13.9. The van der Waals surface area contributed by atoms with Crippen molar-refractivity contribution in [2.24, 2.45) is 5.92 Å². The van der Waals surface area contributed by atoms with Gasteiger partial charge in [-0.15, -0.1) is 0 Å². The van der Waals surface area contributed by atoms with Gasteiger partial charge in [0, 0.05) is 29.2 Å². The molecule has 6 heteroatoms. The SMILES string of the molecule is Cc1cccc([C@@H]2CC[C@H](C(=O)NCc3ccccc3F)CN2C(=O)c2ccc(Cl)cc2)c1. The summed E-state index contributed by atoms with van der Waals surface area (Å²) in [5.41, 5.74) is 3.15. The lowest BCUT2D eigenvalue weighted by molar-refractivity contribution is -0.127. The lowest BCUT2D eigenvalue weighted by atomic mass is 9.87. The Kier molecular flexibility index (Phi) is 7.09. The topological polar surface area (TPSA) is 49.4 Å². The van der Waals surface area contributed by atoms with Crippen LogP contribution in [0.2, 0.25) is 5.02 Å². The fraction of sp³-hybridized carbons (Fsp3) is 0.259. The molecule has 0 bridgehead atoms. The van der Waals surface area contributed by atoms with Crippen molar-refractivity contribution in [2.45, 2.75) is 32.4 Å². The second-order valence-electron chi connectivity index (χ2n) is 8.48. The lowest BCUT2D eigenvalue weighted by Gasteiger charge is -2.39. The zero-order valence-corrected chi connectivity index (χ0v) is 19.2. The van der Waals surface area contributed by atoms with Crippen LogP contribution in [0.15, 0.2) is 72.8 Å². The molecular formula is C27H26ClFN2O2. The average Bonchev–Trinajstić information content (AvgIpc) is 2.83. The van der Waals surface area contributed by atoms with Gasteiger partial charge in [0.25, 0.3) is 5.91 Å². The van der Waals surface area contributed by atoms with Gasteiger partial charge in [0.1, 0.15) is 5.82 Å². The molecule has 4 rings (SSSR count). The summed E-state index contributed by atoms with van der Waals surface area (Å²) in [7, 11) is 0. The van der Waals surface area contributed by atoms with E-state index in [9.17, 15) is 14.0 Å². The van der Waals surface area contributed by atoms with E-state index in [4.69, 9.17) is 11.6 Å². The van der Waals surface area contributed by atoms with E-state index in [0.717, 1.165) is 11.1 Å². The predicted octanol–water partition coefficient (Wildman–Crippen LogP) is 5.70. The third-order valence-corrected chi connectivity index (χ3v) is 6.39. The second kappa shape index (κ2) is 10.2. The highest BCUT2D eigenvalue weighted by molar-refractivity contribution is 6.30. The summed E-state index contributed by atoms with van der Waals surface area (Å²) in [5, 5.41) is 3.41. The van der Waals surface area contributed by atoms with Gasteiger partial charge >= 0.3 is 0 Å². The van der Waals surface area contributed by atoms with Gasteiger partial charge in [-0.3, -0.25) is 9.59 Å². The van der Waals surface area contributed by atoms with Crippen LogP contribution >= 0.6 is 11.6 Å². The van der Waals surface area contributed by atoms with Crippen molar-refractivity contribution in [3.8, 4) is 0 Å². The number of carbonyl (C=O) groups is 2. The highest BCUT2D eigenvalue weighted by Gasteiger charge is 2.36. The maximum atomic E-state index is 13.9. The molecule has 2 amide bonds. The monoisotopic (exact) mass is 464 g/mol. The maximum absolute atomic E-state index is 13.9. The van der Waals surface area contributed by atoms with Gasteiger partial charge in [0.05, 0.1) is 12.0 Å². The lowest BCUT2D eigenvalue weighted by Crippen LogP contribution is -2.47. The Morgan fingerprint density at radius 1 is 1.03 bits per heavy atom. The average molecular weight is 465 g/mol. The van der Waals surface area contributed by atoms with E-state index >= 15 is 0 Å². The number of nitrogens with one attached hydrogen (secondary N) is 1. The molecule has 1 heterocycles. The van der Waals surface area contributed by atoms with Gasteiger partial charge in [-0.1, -0.05) is 59.6 Å². The summed E-state index contributed by atoms with van der Waals surface area (Å²) in [4.78, 5) is 28.2. The molecule has 1 fully saturated rings. The molecule has 3 aromatic carbocycles. The van der Waals surface area contributed by atoms with Gasteiger partial charge in [-0.05, 0) is 55.7 Å². The van der Waals surface area contributed by atoms with Crippen LogP contribution in [-0.4, -0.2) is 23.3 Å². The van der Waals surface area contributed by atoms with E-state index in [1.165, 1.54) is 6.07 Å². The quantitative estimate of drug-likeness (QED) is 0.526. The molecule has 0 aliphatic carbocycles. The molecule has 0 radical (unpaired) electrons. The van der Waals surface area contributed by atoms with Crippen LogP contribution in [0, 0.1) is 18.7 Å². The molecule has 1 N–H and O–H groups in total. The van der Waals surface area contributed by atoms with Crippen molar-refractivity contribution < 1.29 is 14.0 Å². The number of piperidine rings is 1. The van der Waals surface area contributed by atoms with Crippen molar-refractivity contribution >= 4 is 23.4 Å². The molecule has 33 heavy (non-hydrogen) atoms. The Bertz CT molecular complexity index is 1150. The Morgan fingerprint density at radius 3 is 2.52 bits per heavy atom. The van der Waals surface area contributed by atoms with Crippen molar-refractivity contribution in [3.63, 3.8) is 0 Å².